The van der Waals surface area contributed by atoms with Gasteiger partial charge in [-0.05, 0) is 24.8 Å². The molecule has 3 nitrogen and oxygen atoms in total. The minimum absolute atomic E-state index is 0.0607. The second kappa shape index (κ2) is 4.73. The lowest BCUT2D eigenvalue weighted by Crippen LogP contribution is -2.31. The van der Waals surface area contributed by atoms with Crippen LogP contribution >= 0.6 is 0 Å². The molecule has 1 saturated heterocycles. The van der Waals surface area contributed by atoms with E-state index < -0.39 is 0 Å². The first-order valence-corrected chi connectivity index (χ1v) is 6.87. The molecular weight excluding hydrogens is 224 g/mol. The van der Waals surface area contributed by atoms with Crippen LogP contribution < -0.4 is 5.32 Å². The first-order chi connectivity index (χ1) is 8.75. The van der Waals surface area contributed by atoms with E-state index >= 15 is 0 Å². The Morgan fingerprint density at radius 2 is 2.00 bits per heavy atom. The van der Waals surface area contributed by atoms with Gasteiger partial charge in [0.25, 0.3) is 0 Å². The van der Waals surface area contributed by atoms with E-state index in [-0.39, 0.29) is 18.1 Å². The zero-order chi connectivity index (χ0) is 12.5. The molecule has 0 radical (unpaired) electrons. The van der Waals surface area contributed by atoms with E-state index in [4.69, 9.17) is 0 Å². The van der Waals surface area contributed by atoms with Crippen molar-refractivity contribution in [3.8, 4) is 0 Å². The Morgan fingerprint density at radius 3 is 2.67 bits per heavy atom. The van der Waals surface area contributed by atoms with Gasteiger partial charge in [-0.2, -0.15) is 0 Å². The molecular formula is C15H20N2O. The van der Waals surface area contributed by atoms with Crippen LogP contribution in [0.3, 0.4) is 0 Å². The van der Waals surface area contributed by atoms with Gasteiger partial charge in [0.2, 0.25) is 5.91 Å². The fourth-order valence-corrected chi connectivity index (χ4v) is 2.65. The van der Waals surface area contributed by atoms with Crippen molar-refractivity contribution in [1.29, 1.82) is 0 Å². The lowest BCUT2D eigenvalue weighted by molar-refractivity contribution is -0.129. The summed E-state index contributed by atoms with van der Waals surface area (Å²) in [4.78, 5) is 14.2. The van der Waals surface area contributed by atoms with Gasteiger partial charge in [0.15, 0.2) is 0 Å². The van der Waals surface area contributed by atoms with Crippen molar-refractivity contribution in [3.05, 3.63) is 35.9 Å². The van der Waals surface area contributed by atoms with Crippen LogP contribution in [0.2, 0.25) is 0 Å². The van der Waals surface area contributed by atoms with Crippen molar-refractivity contribution in [2.45, 2.75) is 38.4 Å². The molecule has 1 aliphatic heterocycles. The third kappa shape index (κ3) is 2.27. The molecule has 1 heterocycles. The van der Waals surface area contributed by atoms with Gasteiger partial charge in [0.1, 0.15) is 6.17 Å². The molecule has 3 heteroatoms. The van der Waals surface area contributed by atoms with Crippen LogP contribution in [-0.2, 0) is 4.79 Å². The summed E-state index contributed by atoms with van der Waals surface area (Å²) in [7, 11) is 0. The maximum absolute atomic E-state index is 12.2. The van der Waals surface area contributed by atoms with Crippen LogP contribution in [0, 0.1) is 5.92 Å². The fourth-order valence-electron chi connectivity index (χ4n) is 2.65. The smallest absolute Gasteiger partial charge is 0.241 e. The molecule has 1 aromatic rings. The topological polar surface area (TPSA) is 32.3 Å². The van der Waals surface area contributed by atoms with E-state index in [0.29, 0.717) is 0 Å². The molecule has 2 aliphatic rings. The predicted octanol–water partition coefficient (Wildman–Crippen LogP) is 2.31. The molecule has 1 amide bonds. The van der Waals surface area contributed by atoms with Crippen molar-refractivity contribution in [1.82, 2.24) is 10.2 Å². The molecule has 1 aliphatic carbocycles. The summed E-state index contributed by atoms with van der Waals surface area (Å²) >= 11 is 0. The second-order valence-electron chi connectivity index (χ2n) is 5.47. The maximum Gasteiger partial charge on any atom is 0.241 e. The number of nitrogens with one attached hydrogen (secondary N) is 1. The molecule has 96 valence electrons. The predicted molar refractivity (Wildman–Crippen MR) is 70.8 cm³/mol. The number of carbonyl (C=O) groups excluding carboxylic acids is 1. The van der Waals surface area contributed by atoms with Crippen molar-refractivity contribution >= 4 is 5.91 Å². The number of nitrogens with zero attached hydrogens (tertiary/aromatic N) is 1. The Morgan fingerprint density at radius 1 is 1.28 bits per heavy atom. The number of carbonyl (C=O) groups is 1. The Kier molecular flexibility index (Phi) is 3.08. The van der Waals surface area contributed by atoms with E-state index in [2.05, 4.69) is 17.4 Å². The molecule has 0 bridgehead atoms. The summed E-state index contributed by atoms with van der Waals surface area (Å²) in [6, 6.07) is 10.2. The molecule has 18 heavy (non-hydrogen) atoms. The van der Waals surface area contributed by atoms with Crippen LogP contribution in [0.15, 0.2) is 30.3 Å². The number of hydrogen-bond donors (Lipinski definition) is 1. The zero-order valence-corrected chi connectivity index (χ0v) is 10.8. The standard InChI is InChI=1S/C15H20N2O/c1-11-15(18)17(10-9-12-7-8-12)14(16-11)13-5-3-2-4-6-13/h2-6,11-12,14,16H,7-10H2,1H3. The average Bonchev–Trinajstić information content (AvgIpc) is 3.18. The molecule has 0 aromatic heterocycles. The SMILES string of the molecule is CC1NC(c2ccccc2)N(CCC2CC2)C1=O. The van der Waals surface area contributed by atoms with E-state index in [1.807, 2.05) is 30.0 Å². The summed E-state index contributed by atoms with van der Waals surface area (Å²) in [6.45, 7) is 2.84. The van der Waals surface area contributed by atoms with Gasteiger partial charge in [0.05, 0.1) is 6.04 Å². The van der Waals surface area contributed by atoms with Gasteiger partial charge in [-0.25, -0.2) is 0 Å². The van der Waals surface area contributed by atoms with E-state index in [1.54, 1.807) is 0 Å². The first kappa shape index (κ1) is 11.7. The highest BCUT2D eigenvalue weighted by molar-refractivity contribution is 5.84. The molecule has 2 atom stereocenters. The zero-order valence-electron chi connectivity index (χ0n) is 10.8. The summed E-state index contributed by atoms with van der Waals surface area (Å²) in [5, 5.41) is 3.39. The second-order valence-corrected chi connectivity index (χ2v) is 5.47. The van der Waals surface area contributed by atoms with Gasteiger partial charge >= 0.3 is 0 Å². The highest BCUT2D eigenvalue weighted by Crippen LogP contribution is 2.34. The maximum atomic E-state index is 12.2. The first-order valence-electron chi connectivity index (χ1n) is 6.87. The molecule has 0 spiro atoms. The quantitative estimate of drug-likeness (QED) is 0.881. The van der Waals surface area contributed by atoms with E-state index in [1.165, 1.54) is 18.4 Å². The van der Waals surface area contributed by atoms with Crippen LogP contribution in [0.25, 0.3) is 0 Å². The van der Waals surface area contributed by atoms with Gasteiger partial charge in [-0.15, -0.1) is 0 Å². The number of rotatable bonds is 4. The van der Waals surface area contributed by atoms with Crippen molar-refractivity contribution in [3.63, 3.8) is 0 Å². The van der Waals surface area contributed by atoms with Gasteiger partial charge in [-0.1, -0.05) is 43.2 Å². The normalized spacial score (nSPS) is 27.8. The molecule has 2 unspecified atom stereocenters. The van der Waals surface area contributed by atoms with Crippen LogP contribution in [0.1, 0.15) is 37.9 Å². The molecule has 3 rings (SSSR count). The molecule has 1 N–H and O–H groups in total. The largest absolute Gasteiger partial charge is 0.322 e. The van der Waals surface area contributed by atoms with Crippen LogP contribution in [0.4, 0.5) is 0 Å². The molecule has 1 aromatic carbocycles. The highest BCUT2D eigenvalue weighted by atomic mass is 16.2. The lowest BCUT2D eigenvalue weighted by atomic mass is 10.1. The minimum atomic E-state index is -0.0607. The minimum Gasteiger partial charge on any atom is -0.322 e. The molecule has 2 fully saturated rings. The van der Waals surface area contributed by atoms with E-state index in [0.717, 1.165) is 18.9 Å². The third-order valence-corrected chi connectivity index (χ3v) is 3.96. The average molecular weight is 244 g/mol. The number of amides is 1. The number of benzene rings is 1. The molecule has 1 saturated carbocycles. The van der Waals surface area contributed by atoms with Crippen LogP contribution in [-0.4, -0.2) is 23.4 Å². The monoisotopic (exact) mass is 244 g/mol. The number of hydrogen-bond acceptors (Lipinski definition) is 2. The highest BCUT2D eigenvalue weighted by Gasteiger charge is 2.37. The van der Waals surface area contributed by atoms with Gasteiger partial charge in [-0.3, -0.25) is 10.1 Å². The van der Waals surface area contributed by atoms with Crippen LogP contribution in [0.5, 0.6) is 0 Å². The van der Waals surface area contributed by atoms with E-state index in [9.17, 15) is 4.79 Å². The third-order valence-electron chi connectivity index (χ3n) is 3.96. The summed E-state index contributed by atoms with van der Waals surface area (Å²) in [5.74, 6) is 1.11. The Hall–Kier alpha value is -1.35. The summed E-state index contributed by atoms with van der Waals surface area (Å²) in [5.41, 5.74) is 1.19. The van der Waals surface area contributed by atoms with Crippen molar-refractivity contribution in [2.75, 3.05) is 6.54 Å². The Bertz CT molecular complexity index is 427. The fraction of sp³-hybridized carbons (Fsp3) is 0.533. The summed E-state index contributed by atoms with van der Waals surface area (Å²) < 4.78 is 0. The van der Waals surface area contributed by atoms with Gasteiger partial charge in [0, 0.05) is 6.54 Å². The Balaban J connectivity index is 1.75. The van der Waals surface area contributed by atoms with Gasteiger partial charge < -0.3 is 4.90 Å². The summed E-state index contributed by atoms with van der Waals surface area (Å²) in [6.07, 6.45) is 3.92. The Labute approximate surface area is 108 Å². The van der Waals surface area contributed by atoms with Crippen molar-refractivity contribution in [2.24, 2.45) is 5.92 Å². The van der Waals surface area contributed by atoms with Crippen molar-refractivity contribution < 1.29 is 4.79 Å². The lowest BCUT2D eigenvalue weighted by Gasteiger charge is -2.24.